The lowest BCUT2D eigenvalue weighted by molar-refractivity contribution is -0.121. The summed E-state index contributed by atoms with van der Waals surface area (Å²) in [6.07, 6.45) is 2.73. The van der Waals surface area contributed by atoms with Gasteiger partial charge in [-0.05, 0) is 30.2 Å². The van der Waals surface area contributed by atoms with Gasteiger partial charge in [0.15, 0.2) is 11.5 Å². The molecular formula is C15H17N3O3. The van der Waals surface area contributed by atoms with Crippen molar-refractivity contribution < 1.29 is 14.3 Å². The molecule has 3 rings (SSSR count). The smallest absolute Gasteiger partial charge is 0.276 e. The molecule has 2 aliphatic rings. The Bertz CT molecular complexity index is 637. The van der Waals surface area contributed by atoms with Crippen LogP contribution in [0.5, 0.6) is 11.5 Å². The predicted molar refractivity (Wildman–Crippen MR) is 79.0 cm³/mol. The summed E-state index contributed by atoms with van der Waals surface area (Å²) in [5.74, 6) is 1.92. The van der Waals surface area contributed by atoms with E-state index in [0.717, 1.165) is 17.7 Å². The van der Waals surface area contributed by atoms with Gasteiger partial charge in [-0.25, -0.2) is 0 Å². The summed E-state index contributed by atoms with van der Waals surface area (Å²) in [5.41, 5.74) is 1.38. The molecule has 0 aromatic heterocycles. The monoisotopic (exact) mass is 287 g/mol. The zero-order chi connectivity index (χ0) is 14.8. The van der Waals surface area contributed by atoms with Crippen LogP contribution >= 0.6 is 0 Å². The predicted octanol–water partition coefficient (Wildman–Crippen LogP) is 1.58. The number of guanidine groups is 1. The molecule has 6 heteroatoms. The van der Waals surface area contributed by atoms with Gasteiger partial charge < -0.3 is 14.8 Å². The van der Waals surface area contributed by atoms with Crippen molar-refractivity contribution in [3.05, 3.63) is 29.5 Å². The molecule has 2 aliphatic heterocycles. The summed E-state index contributed by atoms with van der Waals surface area (Å²) in [5, 5.41) is 3.06. The summed E-state index contributed by atoms with van der Waals surface area (Å²) in [7, 11) is 1.71. The Morgan fingerprint density at radius 2 is 2.19 bits per heavy atom. The van der Waals surface area contributed by atoms with E-state index in [4.69, 9.17) is 9.47 Å². The number of amides is 1. The minimum Gasteiger partial charge on any atom is -0.454 e. The van der Waals surface area contributed by atoms with Crippen LogP contribution in [0.4, 0.5) is 0 Å². The van der Waals surface area contributed by atoms with Gasteiger partial charge in [-0.15, -0.1) is 0 Å². The van der Waals surface area contributed by atoms with Gasteiger partial charge in [0.2, 0.25) is 12.8 Å². The van der Waals surface area contributed by atoms with Crippen molar-refractivity contribution in [2.24, 2.45) is 4.99 Å². The number of ether oxygens (including phenoxy) is 2. The largest absolute Gasteiger partial charge is 0.454 e. The molecule has 1 aromatic carbocycles. The highest BCUT2D eigenvalue weighted by Gasteiger charge is 2.28. The van der Waals surface area contributed by atoms with Gasteiger partial charge in [0.1, 0.15) is 5.70 Å². The van der Waals surface area contributed by atoms with Crippen molar-refractivity contribution >= 4 is 17.9 Å². The highest BCUT2D eigenvalue weighted by Crippen LogP contribution is 2.33. The zero-order valence-electron chi connectivity index (χ0n) is 12.0. The summed E-state index contributed by atoms with van der Waals surface area (Å²) in [6.45, 7) is 2.98. The number of carbonyl (C=O) groups excluding carboxylic acids is 1. The van der Waals surface area contributed by atoms with E-state index in [2.05, 4.69) is 10.3 Å². The van der Waals surface area contributed by atoms with Crippen LogP contribution in [0.1, 0.15) is 18.9 Å². The fourth-order valence-electron chi connectivity index (χ4n) is 2.17. The molecule has 0 saturated carbocycles. The van der Waals surface area contributed by atoms with Crippen LogP contribution < -0.4 is 14.8 Å². The molecule has 0 bridgehead atoms. The van der Waals surface area contributed by atoms with Crippen molar-refractivity contribution in [2.75, 3.05) is 20.4 Å². The highest BCUT2D eigenvalue weighted by molar-refractivity contribution is 6.15. The SMILES string of the molecule is CCCN=C1N/C(=C\c2ccc3c(c2)OCO3)C(=O)N1C. The maximum absolute atomic E-state index is 12.2. The number of hydrogen-bond acceptors (Lipinski definition) is 4. The van der Waals surface area contributed by atoms with Gasteiger partial charge in [0.25, 0.3) is 5.91 Å². The van der Waals surface area contributed by atoms with Gasteiger partial charge in [0.05, 0.1) is 0 Å². The number of fused-ring (bicyclic) bond motifs is 1. The molecule has 2 heterocycles. The van der Waals surface area contributed by atoms with Crippen molar-refractivity contribution in [3.63, 3.8) is 0 Å². The van der Waals surface area contributed by atoms with Crippen LogP contribution in [-0.4, -0.2) is 37.2 Å². The lowest BCUT2D eigenvalue weighted by atomic mass is 10.1. The first-order valence-corrected chi connectivity index (χ1v) is 6.90. The molecule has 1 fully saturated rings. The number of nitrogens with one attached hydrogen (secondary N) is 1. The maximum Gasteiger partial charge on any atom is 0.276 e. The molecule has 1 N–H and O–H groups in total. The van der Waals surface area contributed by atoms with E-state index in [1.807, 2.05) is 25.1 Å². The minimum atomic E-state index is -0.0949. The average Bonchev–Trinajstić information content (AvgIpc) is 3.05. The lowest BCUT2D eigenvalue weighted by Gasteiger charge is -2.06. The van der Waals surface area contributed by atoms with E-state index in [0.29, 0.717) is 24.0 Å². The molecule has 0 atom stereocenters. The van der Waals surface area contributed by atoms with Crippen molar-refractivity contribution in [3.8, 4) is 11.5 Å². The first-order valence-electron chi connectivity index (χ1n) is 6.90. The van der Waals surface area contributed by atoms with Crippen LogP contribution in [0.2, 0.25) is 0 Å². The number of carbonyl (C=O) groups is 1. The van der Waals surface area contributed by atoms with E-state index < -0.39 is 0 Å². The fraction of sp³-hybridized carbons (Fsp3) is 0.333. The third-order valence-electron chi connectivity index (χ3n) is 3.29. The minimum absolute atomic E-state index is 0.0949. The fourth-order valence-corrected chi connectivity index (χ4v) is 2.17. The van der Waals surface area contributed by atoms with Crippen LogP contribution in [0.25, 0.3) is 6.08 Å². The molecule has 1 aromatic rings. The van der Waals surface area contributed by atoms with Gasteiger partial charge in [-0.1, -0.05) is 13.0 Å². The second-order valence-corrected chi connectivity index (χ2v) is 4.87. The van der Waals surface area contributed by atoms with Crippen molar-refractivity contribution in [1.82, 2.24) is 10.2 Å². The van der Waals surface area contributed by atoms with Crippen molar-refractivity contribution in [2.45, 2.75) is 13.3 Å². The quantitative estimate of drug-likeness (QED) is 0.857. The molecule has 6 nitrogen and oxygen atoms in total. The molecule has 0 unspecified atom stereocenters. The van der Waals surface area contributed by atoms with Crippen LogP contribution in [0.15, 0.2) is 28.9 Å². The standard InChI is InChI=1S/C15H17N3O3/c1-3-6-16-15-17-11(14(19)18(15)2)7-10-4-5-12-13(8-10)21-9-20-12/h4-5,7-8H,3,6,9H2,1-2H3,(H,16,17)/b11-7-. The highest BCUT2D eigenvalue weighted by atomic mass is 16.7. The van der Waals surface area contributed by atoms with E-state index in [-0.39, 0.29) is 12.7 Å². The summed E-state index contributed by atoms with van der Waals surface area (Å²) >= 11 is 0. The lowest BCUT2D eigenvalue weighted by Crippen LogP contribution is -2.28. The molecule has 0 spiro atoms. The normalized spacial score (nSPS) is 20.5. The van der Waals surface area contributed by atoms with E-state index >= 15 is 0 Å². The topological polar surface area (TPSA) is 63.2 Å². The average molecular weight is 287 g/mol. The summed E-state index contributed by atoms with van der Waals surface area (Å²) in [6, 6.07) is 5.58. The molecule has 21 heavy (non-hydrogen) atoms. The Morgan fingerprint density at radius 1 is 1.38 bits per heavy atom. The Hall–Kier alpha value is -2.50. The number of benzene rings is 1. The van der Waals surface area contributed by atoms with Gasteiger partial charge in [-0.2, -0.15) is 0 Å². The first-order chi connectivity index (χ1) is 10.2. The first kappa shape index (κ1) is 13.5. The number of likely N-dealkylation sites (N-methyl/N-ethyl adjacent to an activating group) is 1. The van der Waals surface area contributed by atoms with Gasteiger partial charge in [-0.3, -0.25) is 14.7 Å². The third kappa shape index (κ3) is 2.56. The Kier molecular flexibility index (Phi) is 3.51. The molecule has 110 valence electrons. The van der Waals surface area contributed by atoms with Gasteiger partial charge in [0, 0.05) is 13.6 Å². The number of nitrogens with zero attached hydrogens (tertiary/aromatic N) is 2. The molecule has 0 radical (unpaired) electrons. The van der Waals surface area contributed by atoms with E-state index in [1.54, 1.807) is 13.1 Å². The summed E-state index contributed by atoms with van der Waals surface area (Å²) in [4.78, 5) is 18.0. The second-order valence-electron chi connectivity index (χ2n) is 4.87. The van der Waals surface area contributed by atoms with E-state index in [9.17, 15) is 4.79 Å². The zero-order valence-corrected chi connectivity index (χ0v) is 12.0. The van der Waals surface area contributed by atoms with Crippen LogP contribution in [-0.2, 0) is 4.79 Å². The second kappa shape index (κ2) is 5.47. The molecule has 0 aliphatic carbocycles. The molecule has 1 saturated heterocycles. The number of aliphatic imine (C=N–C) groups is 1. The summed E-state index contributed by atoms with van der Waals surface area (Å²) < 4.78 is 10.6. The van der Waals surface area contributed by atoms with Gasteiger partial charge >= 0.3 is 0 Å². The van der Waals surface area contributed by atoms with Crippen LogP contribution in [0.3, 0.4) is 0 Å². The Balaban J connectivity index is 1.85. The number of hydrogen-bond donors (Lipinski definition) is 1. The number of rotatable bonds is 3. The maximum atomic E-state index is 12.2. The van der Waals surface area contributed by atoms with E-state index in [1.165, 1.54) is 4.90 Å². The molecule has 1 amide bonds. The van der Waals surface area contributed by atoms with Crippen molar-refractivity contribution in [1.29, 1.82) is 0 Å². The van der Waals surface area contributed by atoms with Crippen LogP contribution in [0, 0.1) is 0 Å². The Morgan fingerprint density at radius 3 is 3.00 bits per heavy atom. The third-order valence-corrected chi connectivity index (χ3v) is 3.29. The Labute approximate surface area is 123 Å². The molecular weight excluding hydrogens is 270 g/mol.